The molecule has 0 radical (unpaired) electrons. The van der Waals surface area contributed by atoms with Crippen molar-refractivity contribution in [3.63, 3.8) is 0 Å². The van der Waals surface area contributed by atoms with Gasteiger partial charge in [0.05, 0.1) is 5.52 Å². The molecular formula is C11H9N3. The second-order valence-electron chi connectivity index (χ2n) is 3.33. The minimum absolute atomic E-state index is 1.01. The molecular weight excluding hydrogens is 174 g/mol. The van der Waals surface area contributed by atoms with Gasteiger partial charge in [-0.2, -0.15) is 0 Å². The summed E-state index contributed by atoms with van der Waals surface area (Å²) in [6.45, 7) is 0. The second-order valence-corrected chi connectivity index (χ2v) is 3.33. The van der Waals surface area contributed by atoms with Gasteiger partial charge in [0, 0.05) is 36.4 Å². The molecule has 0 N–H and O–H groups in total. The molecule has 0 aromatic carbocycles. The van der Waals surface area contributed by atoms with Crippen LogP contribution in [-0.4, -0.2) is 14.5 Å². The summed E-state index contributed by atoms with van der Waals surface area (Å²) in [7, 11) is 2.03. The predicted molar refractivity (Wildman–Crippen MR) is 56.0 cm³/mol. The lowest BCUT2D eigenvalue weighted by atomic mass is 10.2. The van der Waals surface area contributed by atoms with Crippen LogP contribution in [0.4, 0.5) is 0 Å². The Morgan fingerprint density at radius 1 is 1.14 bits per heavy atom. The molecule has 14 heavy (non-hydrogen) atoms. The molecule has 0 atom stereocenters. The van der Waals surface area contributed by atoms with Crippen molar-refractivity contribution in [1.29, 1.82) is 0 Å². The third kappa shape index (κ3) is 0.812. The van der Waals surface area contributed by atoms with Gasteiger partial charge in [-0.05, 0) is 18.2 Å². The van der Waals surface area contributed by atoms with Gasteiger partial charge in [-0.15, -0.1) is 0 Å². The van der Waals surface area contributed by atoms with Crippen LogP contribution in [0, 0.1) is 0 Å². The number of nitrogens with zero attached hydrogens (tertiary/aromatic N) is 3. The van der Waals surface area contributed by atoms with E-state index in [1.807, 2.05) is 31.6 Å². The number of aryl methyl sites for hydroxylation is 1. The Labute approximate surface area is 81.0 Å². The Kier molecular flexibility index (Phi) is 1.36. The predicted octanol–water partition coefficient (Wildman–Crippen LogP) is 2.12. The number of hydrogen-bond acceptors (Lipinski definition) is 2. The van der Waals surface area contributed by atoms with Crippen molar-refractivity contribution in [2.75, 3.05) is 0 Å². The first kappa shape index (κ1) is 7.50. The van der Waals surface area contributed by atoms with Crippen molar-refractivity contribution in [3.05, 3.63) is 36.8 Å². The maximum absolute atomic E-state index is 4.35. The monoisotopic (exact) mass is 183 g/mol. The fourth-order valence-corrected chi connectivity index (χ4v) is 1.88. The Hall–Kier alpha value is -1.90. The third-order valence-corrected chi connectivity index (χ3v) is 2.55. The van der Waals surface area contributed by atoms with Crippen molar-refractivity contribution < 1.29 is 0 Å². The van der Waals surface area contributed by atoms with Crippen molar-refractivity contribution in [3.8, 4) is 0 Å². The zero-order chi connectivity index (χ0) is 9.54. The Morgan fingerprint density at radius 3 is 3.00 bits per heavy atom. The van der Waals surface area contributed by atoms with E-state index in [9.17, 15) is 0 Å². The molecule has 3 aromatic rings. The van der Waals surface area contributed by atoms with E-state index in [-0.39, 0.29) is 0 Å². The normalized spacial score (nSPS) is 11.2. The molecule has 0 saturated heterocycles. The number of hydrogen-bond donors (Lipinski definition) is 0. The van der Waals surface area contributed by atoms with E-state index in [4.69, 9.17) is 0 Å². The van der Waals surface area contributed by atoms with Crippen LogP contribution in [0.15, 0.2) is 36.8 Å². The maximum atomic E-state index is 4.35. The van der Waals surface area contributed by atoms with Gasteiger partial charge in [0.25, 0.3) is 0 Å². The summed E-state index contributed by atoms with van der Waals surface area (Å²) in [6.07, 6.45) is 5.51. The molecule has 0 fully saturated rings. The molecule has 3 heterocycles. The first-order valence-corrected chi connectivity index (χ1v) is 4.51. The molecule has 0 unspecified atom stereocenters. The highest BCUT2D eigenvalue weighted by Crippen LogP contribution is 2.24. The molecule has 0 bridgehead atoms. The molecule has 0 aliphatic heterocycles. The van der Waals surface area contributed by atoms with E-state index in [1.54, 1.807) is 6.20 Å². The van der Waals surface area contributed by atoms with E-state index < -0.39 is 0 Å². The number of fused-ring (bicyclic) bond motifs is 3. The highest BCUT2D eigenvalue weighted by molar-refractivity contribution is 6.05. The summed E-state index contributed by atoms with van der Waals surface area (Å²) in [5.41, 5.74) is 2.18. The molecule has 3 nitrogen and oxygen atoms in total. The van der Waals surface area contributed by atoms with Gasteiger partial charge in [-0.25, -0.2) is 4.98 Å². The molecule has 0 aliphatic rings. The van der Waals surface area contributed by atoms with Crippen LogP contribution < -0.4 is 0 Å². The van der Waals surface area contributed by atoms with Gasteiger partial charge in [0.15, 0.2) is 0 Å². The van der Waals surface area contributed by atoms with Crippen molar-refractivity contribution in [1.82, 2.24) is 14.5 Å². The molecule has 3 heteroatoms. The fraction of sp³-hybridized carbons (Fsp3) is 0.0909. The average Bonchev–Trinajstić information content (AvgIpc) is 2.55. The smallest absolute Gasteiger partial charge is 0.140 e. The summed E-state index contributed by atoms with van der Waals surface area (Å²) in [6, 6.07) is 6.04. The summed E-state index contributed by atoms with van der Waals surface area (Å²) in [5.74, 6) is 0. The number of rotatable bonds is 0. The zero-order valence-electron chi connectivity index (χ0n) is 7.81. The van der Waals surface area contributed by atoms with Gasteiger partial charge >= 0.3 is 0 Å². The minimum Gasteiger partial charge on any atom is -0.328 e. The fourth-order valence-electron chi connectivity index (χ4n) is 1.88. The lowest BCUT2D eigenvalue weighted by molar-refractivity contribution is 0.988. The van der Waals surface area contributed by atoms with Crippen LogP contribution in [0.1, 0.15) is 0 Å². The van der Waals surface area contributed by atoms with Crippen LogP contribution in [0.2, 0.25) is 0 Å². The van der Waals surface area contributed by atoms with Crippen LogP contribution in [0.25, 0.3) is 21.9 Å². The van der Waals surface area contributed by atoms with Crippen molar-refractivity contribution in [2.45, 2.75) is 0 Å². The second kappa shape index (κ2) is 2.54. The van der Waals surface area contributed by atoms with Crippen LogP contribution in [-0.2, 0) is 7.05 Å². The molecule has 0 saturated carbocycles. The Bertz CT molecular complexity index is 557. The van der Waals surface area contributed by atoms with E-state index >= 15 is 0 Å². The summed E-state index contributed by atoms with van der Waals surface area (Å²) in [4.78, 5) is 8.49. The van der Waals surface area contributed by atoms with Crippen molar-refractivity contribution >= 4 is 21.9 Å². The number of aromatic nitrogens is 3. The van der Waals surface area contributed by atoms with Crippen molar-refractivity contribution in [2.24, 2.45) is 7.05 Å². The largest absolute Gasteiger partial charge is 0.328 e. The lowest BCUT2D eigenvalue weighted by Crippen LogP contribution is -1.88. The van der Waals surface area contributed by atoms with E-state index in [0.29, 0.717) is 0 Å². The highest BCUT2D eigenvalue weighted by atomic mass is 15.0. The van der Waals surface area contributed by atoms with Gasteiger partial charge in [-0.3, -0.25) is 4.98 Å². The SMILES string of the molecule is Cn1c2ccncc2c2cccnc21. The van der Waals surface area contributed by atoms with Crippen LogP contribution >= 0.6 is 0 Å². The first-order valence-electron chi connectivity index (χ1n) is 4.51. The molecule has 0 aliphatic carbocycles. The summed E-state index contributed by atoms with van der Waals surface area (Å²) in [5, 5.41) is 2.33. The molecule has 68 valence electrons. The number of pyridine rings is 2. The van der Waals surface area contributed by atoms with E-state index in [2.05, 4.69) is 20.6 Å². The van der Waals surface area contributed by atoms with Crippen LogP contribution in [0.5, 0.6) is 0 Å². The summed E-state index contributed by atoms with van der Waals surface area (Å²) < 4.78 is 2.09. The van der Waals surface area contributed by atoms with E-state index in [1.165, 1.54) is 5.52 Å². The van der Waals surface area contributed by atoms with Gasteiger partial charge in [-0.1, -0.05) is 0 Å². The maximum Gasteiger partial charge on any atom is 0.140 e. The minimum atomic E-state index is 1.01. The molecule has 0 amide bonds. The lowest BCUT2D eigenvalue weighted by Gasteiger charge is -1.94. The molecule has 3 aromatic heterocycles. The Balaban J connectivity index is 2.69. The standard InChI is InChI=1S/C11H9N3/c1-14-10-4-6-12-7-9(10)8-3-2-5-13-11(8)14/h2-7H,1H3. The van der Waals surface area contributed by atoms with Gasteiger partial charge in [0.2, 0.25) is 0 Å². The highest BCUT2D eigenvalue weighted by Gasteiger charge is 2.06. The van der Waals surface area contributed by atoms with E-state index in [0.717, 1.165) is 16.4 Å². The van der Waals surface area contributed by atoms with Gasteiger partial charge < -0.3 is 4.57 Å². The van der Waals surface area contributed by atoms with Gasteiger partial charge in [0.1, 0.15) is 5.65 Å². The first-order chi connectivity index (χ1) is 6.88. The molecule has 3 rings (SSSR count). The average molecular weight is 183 g/mol. The van der Waals surface area contributed by atoms with Crippen LogP contribution in [0.3, 0.4) is 0 Å². The topological polar surface area (TPSA) is 30.7 Å². The Morgan fingerprint density at radius 2 is 2.07 bits per heavy atom. The third-order valence-electron chi connectivity index (χ3n) is 2.55. The molecule has 0 spiro atoms. The summed E-state index contributed by atoms with van der Waals surface area (Å²) >= 11 is 0. The zero-order valence-corrected chi connectivity index (χ0v) is 7.81. The quantitative estimate of drug-likeness (QED) is 0.534.